The molecule has 4 heteroatoms. The molecule has 2 atom stereocenters. The number of rotatable bonds is 6. The molecule has 16 heavy (non-hydrogen) atoms. The van der Waals surface area contributed by atoms with Crippen molar-refractivity contribution in [2.24, 2.45) is 5.92 Å². The van der Waals surface area contributed by atoms with Crippen LogP contribution in [0.15, 0.2) is 6.20 Å². The lowest BCUT2D eigenvalue weighted by Crippen LogP contribution is -2.29. The Labute approximate surface area is 103 Å². The van der Waals surface area contributed by atoms with Gasteiger partial charge in [-0.05, 0) is 19.4 Å². The van der Waals surface area contributed by atoms with Crippen molar-refractivity contribution in [1.82, 2.24) is 15.1 Å². The SMILES string of the molecule is CCNC(c1c(Cl)cnn1CC)C(C)CC. The number of aromatic nitrogens is 2. The molecule has 0 saturated heterocycles. The molecule has 1 rings (SSSR count). The van der Waals surface area contributed by atoms with Gasteiger partial charge in [0, 0.05) is 6.54 Å². The van der Waals surface area contributed by atoms with Crippen molar-refractivity contribution in [2.45, 2.75) is 46.7 Å². The topological polar surface area (TPSA) is 29.9 Å². The second-order valence-electron chi connectivity index (χ2n) is 4.11. The van der Waals surface area contributed by atoms with Crippen LogP contribution in [0.4, 0.5) is 0 Å². The average Bonchev–Trinajstić information content (AvgIpc) is 2.66. The molecule has 0 aromatic carbocycles. The van der Waals surface area contributed by atoms with E-state index in [9.17, 15) is 0 Å². The summed E-state index contributed by atoms with van der Waals surface area (Å²) in [6.45, 7) is 10.5. The monoisotopic (exact) mass is 243 g/mol. The third-order valence-corrected chi connectivity index (χ3v) is 3.36. The van der Waals surface area contributed by atoms with E-state index in [0.717, 1.165) is 30.2 Å². The van der Waals surface area contributed by atoms with Gasteiger partial charge in [0.2, 0.25) is 0 Å². The zero-order valence-electron chi connectivity index (χ0n) is 10.6. The normalized spacial score (nSPS) is 15.1. The summed E-state index contributed by atoms with van der Waals surface area (Å²) in [4.78, 5) is 0. The van der Waals surface area contributed by atoms with Crippen molar-refractivity contribution in [1.29, 1.82) is 0 Å². The first-order valence-corrected chi connectivity index (χ1v) is 6.47. The third kappa shape index (κ3) is 2.77. The third-order valence-electron chi connectivity index (χ3n) is 3.06. The summed E-state index contributed by atoms with van der Waals surface area (Å²) in [5.41, 5.74) is 1.13. The standard InChI is InChI=1S/C12H22ClN3/c1-5-9(4)11(14-6-2)12-10(13)8-15-16(12)7-3/h8-9,11,14H,5-7H2,1-4H3. The lowest BCUT2D eigenvalue weighted by atomic mass is 9.96. The van der Waals surface area contributed by atoms with Gasteiger partial charge in [-0.25, -0.2) is 0 Å². The van der Waals surface area contributed by atoms with Crippen LogP contribution in [0.5, 0.6) is 0 Å². The summed E-state index contributed by atoms with van der Waals surface area (Å²) in [6.07, 6.45) is 2.87. The second-order valence-corrected chi connectivity index (χ2v) is 4.52. The Morgan fingerprint density at radius 3 is 2.62 bits per heavy atom. The highest BCUT2D eigenvalue weighted by Gasteiger charge is 2.23. The van der Waals surface area contributed by atoms with Crippen LogP contribution in [0.2, 0.25) is 5.02 Å². The Hall–Kier alpha value is -0.540. The van der Waals surface area contributed by atoms with Gasteiger partial charge in [-0.3, -0.25) is 4.68 Å². The van der Waals surface area contributed by atoms with Gasteiger partial charge in [-0.2, -0.15) is 5.10 Å². The summed E-state index contributed by atoms with van der Waals surface area (Å²) in [5, 5.41) is 8.58. The summed E-state index contributed by atoms with van der Waals surface area (Å²) in [5.74, 6) is 0.555. The number of halogens is 1. The zero-order valence-corrected chi connectivity index (χ0v) is 11.4. The molecule has 1 aromatic rings. The van der Waals surface area contributed by atoms with Crippen molar-refractivity contribution in [3.63, 3.8) is 0 Å². The van der Waals surface area contributed by atoms with Crippen LogP contribution in [0.25, 0.3) is 0 Å². The van der Waals surface area contributed by atoms with E-state index in [1.54, 1.807) is 6.20 Å². The van der Waals surface area contributed by atoms with E-state index in [-0.39, 0.29) is 0 Å². The van der Waals surface area contributed by atoms with Gasteiger partial charge in [0.05, 0.1) is 23.0 Å². The molecule has 0 amide bonds. The van der Waals surface area contributed by atoms with Gasteiger partial charge in [-0.1, -0.05) is 38.8 Å². The fourth-order valence-electron chi connectivity index (χ4n) is 1.96. The van der Waals surface area contributed by atoms with Crippen molar-refractivity contribution >= 4 is 11.6 Å². The lowest BCUT2D eigenvalue weighted by Gasteiger charge is -2.25. The molecule has 92 valence electrons. The molecule has 0 spiro atoms. The van der Waals surface area contributed by atoms with Gasteiger partial charge >= 0.3 is 0 Å². The van der Waals surface area contributed by atoms with Crippen LogP contribution < -0.4 is 5.32 Å². The molecule has 0 aliphatic carbocycles. The molecule has 1 N–H and O–H groups in total. The Balaban J connectivity index is 3.03. The van der Waals surface area contributed by atoms with Gasteiger partial charge in [-0.15, -0.1) is 0 Å². The maximum atomic E-state index is 6.23. The Morgan fingerprint density at radius 2 is 2.12 bits per heavy atom. The van der Waals surface area contributed by atoms with Gasteiger partial charge < -0.3 is 5.32 Å². The summed E-state index contributed by atoms with van der Waals surface area (Å²) < 4.78 is 1.99. The van der Waals surface area contributed by atoms with E-state index in [1.165, 1.54) is 0 Å². The number of nitrogens with one attached hydrogen (secondary N) is 1. The minimum atomic E-state index is 0.296. The van der Waals surface area contributed by atoms with Gasteiger partial charge in [0.25, 0.3) is 0 Å². The minimum absolute atomic E-state index is 0.296. The van der Waals surface area contributed by atoms with Crippen molar-refractivity contribution < 1.29 is 0 Å². The molecule has 2 unspecified atom stereocenters. The lowest BCUT2D eigenvalue weighted by molar-refractivity contribution is 0.360. The van der Waals surface area contributed by atoms with E-state index in [4.69, 9.17) is 11.6 Å². The maximum Gasteiger partial charge on any atom is 0.0834 e. The van der Waals surface area contributed by atoms with Gasteiger partial charge in [0.15, 0.2) is 0 Å². The second kappa shape index (κ2) is 6.26. The van der Waals surface area contributed by atoms with E-state index in [0.29, 0.717) is 12.0 Å². The molecule has 1 heterocycles. The first-order chi connectivity index (χ1) is 7.65. The number of aryl methyl sites for hydroxylation is 1. The number of nitrogens with zero attached hydrogens (tertiary/aromatic N) is 2. The quantitative estimate of drug-likeness (QED) is 0.831. The first kappa shape index (κ1) is 13.5. The van der Waals surface area contributed by atoms with E-state index in [2.05, 4.69) is 38.1 Å². The molecule has 0 fully saturated rings. The molecular weight excluding hydrogens is 222 g/mol. The maximum absolute atomic E-state index is 6.23. The average molecular weight is 244 g/mol. The van der Waals surface area contributed by atoms with Crippen molar-refractivity contribution in [3.05, 3.63) is 16.9 Å². The zero-order chi connectivity index (χ0) is 12.1. The predicted octanol–water partition coefficient (Wildman–Crippen LogP) is 3.25. The molecule has 0 bridgehead atoms. The minimum Gasteiger partial charge on any atom is -0.309 e. The smallest absolute Gasteiger partial charge is 0.0834 e. The molecular formula is C12H22ClN3. The largest absolute Gasteiger partial charge is 0.309 e. The van der Waals surface area contributed by atoms with Crippen LogP contribution in [-0.2, 0) is 6.54 Å². The summed E-state index contributed by atoms with van der Waals surface area (Å²) >= 11 is 6.23. The molecule has 0 saturated carbocycles. The molecule has 0 radical (unpaired) electrons. The van der Waals surface area contributed by atoms with Crippen LogP contribution >= 0.6 is 11.6 Å². The first-order valence-electron chi connectivity index (χ1n) is 6.10. The number of hydrogen-bond acceptors (Lipinski definition) is 2. The molecule has 3 nitrogen and oxygen atoms in total. The van der Waals surface area contributed by atoms with Crippen LogP contribution in [0.1, 0.15) is 45.9 Å². The fourth-order valence-corrected chi connectivity index (χ4v) is 2.21. The predicted molar refractivity (Wildman–Crippen MR) is 68.8 cm³/mol. The van der Waals surface area contributed by atoms with E-state index in [1.807, 2.05) is 4.68 Å². The fraction of sp³-hybridized carbons (Fsp3) is 0.750. The molecule has 0 aliphatic rings. The summed E-state index contributed by atoms with van der Waals surface area (Å²) in [6, 6.07) is 0.296. The highest BCUT2D eigenvalue weighted by atomic mass is 35.5. The van der Waals surface area contributed by atoms with Crippen LogP contribution in [0.3, 0.4) is 0 Å². The van der Waals surface area contributed by atoms with Crippen molar-refractivity contribution in [2.75, 3.05) is 6.54 Å². The number of hydrogen-bond donors (Lipinski definition) is 1. The van der Waals surface area contributed by atoms with E-state index >= 15 is 0 Å². The highest BCUT2D eigenvalue weighted by molar-refractivity contribution is 6.31. The Morgan fingerprint density at radius 1 is 1.44 bits per heavy atom. The molecule has 1 aromatic heterocycles. The van der Waals surface area contributed by atoms with Crippen LogP contribution in [0, 0.1) is 5.92 Å². The highest BCUT2D eigenvalue weighted by Crippen LogP contribution is 2.29. The van der Waals surface area contributed by atoms with Crippen molar-refractivity contribution in [3.8, 4) is 0 Å². The van der Waals surface area contributed by atoms with Gasteiger partial charge in [0.1, 0.15) is 0 Å². The van der Waals surface area contributed by atoms with Crippen LogP contribution in [-0.4, -0.2) is 16.3 Å². The molecule has 0 aliphatic heterocycles. The Kier molecular flexibility index (Phi) is 5.29. The van der Waals surface area contributed by atoms with E-state index < -0.39 is 0 Å². The Bertz CT molecular complexity index is 322. The summed E-state index contributed by atoms with van der Waals surface area (Å²) in [7, 11) is 0.